The molecule has 1 atom stereocenters. The molecule has 0 bridgehead atoms. The van der Waals surface area contributed by atoms with Gasteiger partial charge in [0, 0.05) is 18.0 Å². The second-order valence-electron chi connectivity index (χ2n) is 2.78. The zero-order valence-electron chi connectivity index (χ0n) is 7.95. The number of hydrogen-bond donors (Lipinski definition) is 2. The van der Waals surface area contributed by atoms with Crippen LogP contribution in [-0.4, -0.2) is 15.9 Å². The van der Waals surface area contributed by atoms with Crippen molar-refractivity contribution in [1.82, 2.24) is 9.71 Å². The molecule has 1 aromatic heterocycles. The molecular formula is C8H9ClN4S2. The van der Waals surface area contributed by atoms with Gasteiger partial charge >= 0.3 is 0 Å². The molecule has 2 heterocycles. The Morgan fingerprint density at radius 1 is 1.67 bits per heavy atom. The van der Waals surface area contributed by atoms with Crippen LogP contribution < -0.4 is 4.72 Å². The molecular weight excluding hydrogens is 252 g/mol. The van der Waals surface area contributed by atoms with E-state index in [0.717, 1.165) is 16.3 Å². The average molecular weight is 261 g/mol. The fourth-order valence-corrected chi connectivity index (χ4v) is 2.77. The molecule has 0 fully saturated rings. The normalized spacial score (nSPS) is 16.3. The molecule has 0 aliphatic carbocycles. The van der Waals surface area contributed by atoms with Crippen molar-refractivity contribution >= 4 is 45.1 Å². The van der Waals surface area contributed by atoms with Gasteiger partial charge in [-0.2, -0.15) is 0 Å². The van der Waals surface area contributed by atoms with Crippen molar-refractivity contribution < 1.29 is 0 Å². The molecule has 2 rings (SSSR count). The number of fused-ring (bicyclic) bond motifs is 1. The number of amidine groups is 1. The average Bonchev–Trinajstić information content (AvgIpc) is 2.27. The van der Waals surface area contributed by atoms with Crippen molar-refractivity contribution in [2.75, 3.05) is 5.75 Å². The fraction of sp³-hybridized carbons (Fsp3) is 0.250. The first-order chi connectivity index (χ1) is 7.20. The van der Waals surface area contributed by atoms with E-state index >= 15 is 0 Å². The van der Waals surface area contributed by atoms with Gasteiger partial charge in [0.05, 0.1) is 10.6 Å². The van der Waals surface area contributed by atoms with Gasteiger partial charge in [-0.1, -0.05) is 18.5 Å². The fourth-order valence-electron chi connectivity index (χ4n) is 1.05. The smallest absolute Gasteiger partial charge is 0.182 e. The summed E-state index contributed by atoms with van der Waals surface area (Å²) in [6, 6.07) is 1.72. The first-order valence-electron chi connectivity index (χ1n) is 4.30. The van der Waals surface area contributed by atoms with E-state index < -0.39 is 10.7 Å². The monoisotopic (exact) mass is 260 g/mol. The van der Waals surface area contributed by atoms with Gasteiger partial charge in [-0.25, -0.2) is 9.98 Å². The number of aromatic nitrogens is 1. The lowest BCUT2D eigenvalue weighted by Crippen LogP contribution is -2.23. The van der Waals surface area contributed by atoms with Gasteiger partial charge < -0.3 is 4.72 Å². The van der Waals surface area contributed by atoms with Gasteiger partial charge in [0.2, 0.25) is 0 Å². The van der Waals surface area contributed by atoms with Crippen molar-refractivity contribution in [1.29, 1.82) is 4.78 Å². The molecule has 0 aromatic carbocycles. The SMILES string of the molecule is CCS(=N)C1=Nc2cc(Cl)ncc2SN1. The van der Waals surface area contributed by atoms with Crippen LogP contribution in [0.4, 0.5) is 5.69 Å². The lowest BCUT2D eigenvalue weighted by molar-refractivity contribution is 1.20. The largest absolute Gasteiger partial charge is 0.304 e. The molecule has 15 heavy (non-hydrogen) atoms. The maximum atomic E-state index is 7.78. The summed E-state index contributed by atoms with van der Waals surface area (Å²) in [7, 11) is -0.573. The minimum Gasteiger partial charge on any atom is -0.304 e. The molecule has 80 valence electrons. The summed E-state index contributed by atoms with van der Waals surface area (Å²) in [5, 5.41) is 1.14. The van der Waals surface area contributed by atoms with E-state index in [2.05, 4.69) is 14.7 Å². The lowest BCUT2D eigenvalue weighted by Gasteiger charge is -2.16. The third-order valence-electron chi connectivity index (χ3n) is 1.81. The second kappa shape index (κ2) is 4.51. The molecule has 0 amide bonds. The summed E-state index contributed by atoms with van der Waals surface area (Å²) in [6.07, 6.45) is 1.68. The van der Waals surface area contributed by atoms with Gasteiger partial charge in [0.25, 0.3) is 0 Å². The second-order valence-corrected chi connectivity index (χ2v) is 5.76. The Morgan fingerprint density at radius 2 is 2.47 bits per heavy atom. The van der Waals surface area contributed by atoms with Gasteiger partial charge in [-0.05, 0) is 22.6 Å². The standard InChI is InChI=1S/C8H9ClN4S2/c1-2-15(10)8-12-5-3-7(9)11-4-6(5)14-13-8/h3-4,10H,2H2,1H3,(H,12,13). The van der Waals surface area contributed by atoms with Crippen molar-refractivity contribution in [2.45, 2.75) is 11.8 Å². The molecule has 1 aromatic rings. The maximum Gasteiger partial charge on any atom is 0.182 e. The van der Waals surface area contributed by atoms with Gasteiger partial charge in [-0.15, -0.1) is 0 Å². The molecule has 1 aliphatic heterocycles. The van der Waals surface area contributed by atoms with E-state index in [-0.39, 0.29) is 0 Å². The summed E-state index contributed by atoms with van der Waals surface area (Å²) in [6.45, 7) is 1.97. The number of halogens is 1. The molecule has 4 nitrogen and oxygen atoms in total. The third-order valence-corrected chi connectivity index (χ3v) is 4.21. The van der Waals surface area contributed by atoms with Crippen molar-refractivity contribution in [3.63, 3.8) is 0 Å². The lowest BCUT2D eigenvalue weighted by atomic mass is 10.4. The van der Waals surface area contributed by atoms with Crippen LogP contribution >= 0.6 is 23.5 Å². The number of pyridine rings is 1. The van der Waals surface area contributed by atoms with Crippen molar-refractivity contribution in [2.24, 2.45) is 4.99 Å². The highest BCUT2D eigenvalue weighted by Gasteiger charge is 2.14. The number of aliphatic imine (C=N–C) groups is 1. The third kappa shape index (κ3) is 2.32. The van der Waals surface area contributed by atoms with E-state index in [9.17, 15) is 0 Å². The van der Waals surface area contributed by atoms with E-state index in [0.29, 0.717) is 10.3 Å². The molecule has 0 spiro atoms. The summed E-state index contributed by atoms with van der Waals surface area (Å²) in [5.74, 6) is 0.764. The van der Waals surface area contributed by atoms with Gasteiger partial charge in [-0.3, -0.25) is 4.78 Å². The van der Waals surface area contributed by atoms with Crippen molar-refractivity contribution in [3.8, 4) is 0 Å². The molecule has 2 N–H and O–H groups in total. The topological polar surface area (TPSA) is 61.1 Å². The highest BCUT2D eigenvalue weighted by molar-refractivity contribution is 8.05. The Bertz CT molecular complexity index is 446. The van der Waals surface area contributed by atoms with Crippen LogP contribution in [0, 0.1) is 4.78 Å². The molecule has 0 saturated carbocycles. The van der Waals surface area contributed by atoms with E-state index in [1.54, 1.807) is 12.3 Å². The highest BCUT2D eigenvalue weighted by atomic mass is 35.5. The zero-order valence-corrected chi connectivity index (χ0v) is 10.3. The minimum atomic E-state index is -0.573. The molecule has 0 saturated heterocycles. The number of nitrogens with one attached hydrogen (secondary N) is 2. The number of hydrogen-bond acceptors (Lipinski definition) is 5. The first kappa shape index (κ1) is 10.9. The van der Waals surface area contributed by atoms with E-state index in [4.69, 9.17) is 16.4 Å². The highest BCUT2D eigenvalue weighted by Crippen LogP contribution is 2.32. The molecule has 1 aliphatic rings. The van der Waals surface area contributed by atoms with Gasteiger partial charge in [0.1, 0.15) is 5.15 Å². The van der Waals surface area contributed by atoms with E-state index in [1.807, 2.05) is 6.92 Å². The van der Waals surface area contributed by atoms with E-state index in [1.165, 1.54) is 11.9 Å². The predicted octanol–water partition coefficient (Wildman–Crippen LogP) is 2.73. The molecule has 0 radical (unpaired) electrons. The van der Waals surface area contributed by atoms with Crippen LogP contribution in [0.2, 0.25) is 5.15 Å². The van der Waals surface area contributed by atoms with Gasteiger partial charge in [0.15, 0.2) is 5.17 Å². The Balaban J connectivity index is 2.39. The first-order valence-corrected chi connectivity index (χ1v) is 6.88. The zero-order chi connectivity index (χ0) is 10.8. The van der Waals surface area contributed by atoms with Crippen LogP contribution in [-0.2, 0) is 10.7 Å². The summed E-state index contributed by atoms with van der Waals surface area (Å²) >= 11 is 7.22. The molecule has 7 heteroatoms. The maximum absolute atomic E-state index is 7.78. The van der Waals surface area contributed by atoms with Crippen molar-refractivity contribution in [3.05, 3.63) is 17.4 Å². The Kier molecular flexibility index (Phi) is 3.28. The van der Waals surface area contributed by atoms with Crippen LogP contribution in [0.1, 0.15) is 6.92 Å². The summed E-state index contributed by atoms with van der Waals surface area (Å²) in [5.41, 5.74) is 0.798. The number of nitrogens with zero attached hydrogens (tertiary/aromatic N) is 2. The van der Waals surface area contributed by atoms with Crippen LogP contribution in [0.3, 0.4) is 0 Å². The minimum absolute atomic E-state index is 0.431. The molecule has 1 unspecified atom stereocenters. The predicted molar refractivity (Wildman–Crippen MR) is 66.0 cm³/mol. The Hall–Kier alpha value is -0.590. The Labute approximate surface area is 99.6 Å². The number of rotatable bonds is 1. The Morgan fingerprint density at radius 3 is 3.20 bits per heavy atom. The quantitative estimate of drug-likeness (QED) is 0.603. The van der Waals surface area contributed by atoms with Crippen LogP contribution in [0.15, 0.2) is 22.2 Å². The summed E-state index contributed by atoms with van der Waals surface area (Å²) < 4.78 is 10.8. The summed E-state index contributed by atoms with van der Waals surface area (Å²) in [4.78, 5) is 9.28. The van der Waals surface area contributed by atoms with Crippen LogP contribution in [0.25, 0.3) is 0 Å². The van der Waals surface area contributed by atoms with Crippen LogP contribution in [0.5, 0.6) is 0 Å².